The highest BCUT2D eigenvalue weighted by molar-refractivity contribution is 7.25. The third kappa shape index (κ3) is 4.95. The van der Waals surface area contributed by atoms with Crippen molar-refractivity contribution in [3.63, 3.8) is 0 Å². The molecular formula is C51H38N2OS. The number of allylic oxidation sites excluding steroid dienone is 1. The minimum Gasteiger partial charge on any atom is -0.458 e. The number of fused-ring (bicyclic) bond motifs is 9. The van der Waals surface area contributed by atoms with Crippen LogP contribution in [0.15, 0.2) is 174 Å². The fourth-order valence-corrected chi connectivity index (χ4v) is 10.3. The predicted molar refractivity (Wildman–Crippen MR) is 233 cm³/mol. The summed E-state index contributed by atoms with van der Waals surface area (Å²) >= 11 is 1.86. The minimum atomic E-state index is -0.128. The molecule has 2 heterocycles. The van der Waals surface area contributed by atoms with Crippen LogP contribution in [0.25, 0.3) is 48.0 Å². The number of benzene rings is 7. The first kappa shape index (κ1) is 32.1. The summed E-state index contributed by atoms with van der Waals surface area (Å²) in [6, 6.07) is 59.7. The molecular weight excluding hydrogens is 689 g/mol. The summed E-state index contributed by atoms with van der Waals surface area (Å²) < 4.78 is 9.69. The Bertz CT molecular complexity index is 2930. The van der Waals surface area contributed by atoms with Crippen molar-refractivity contribution >= 4 is 76.6 Å². The molecule has 0 unspecified atom stereocenters. The van der Waals surface area contributed by atoms with Gasteiger partial charge in [0.1, 0.15) is 5.76 Å². The number of hydrogen-bond donors (Lipinski definition) is 0. The van der Waals surface area contributed by atoms with E-state index in [1.54, 1.807) is 0 Å². The van der Waals surface area contributed by atoms with Crippen LogP contribution in [-0.2, 0) is 11.8 Å². The topological polar surface area (TPSA) is 19.6 Å². The Kier molecular flexibility index (Phi) is 7.20. The van der Waals surface area contributed by atoms with E-state index in [-0.39, 0.29) is 5.41 Å². The van der Waals surface area contributed by atoms with Crippen LogP contribution in [0.5, 0.6) is 0 Å². The van der Waals surface area contributed by atoms with Gasteiger partial charge in [-0.1, -0.05) is 123 Å². The van der Waals surface area contributed by atoms with Crippen molar-refractivity contribution in [1.29, 1.82) is 0 Å². The SMILES string of the molecule is CC1(C)c2ccccc2-c2ccc(N(c3ccc4c(c3)sc3ccccc34)c3cccc4c5c(oc34)CCC=C5N(c3ccccc3)c3ccccc3)cc21. The van der Waals surface area contributed by atoms with Crippen molar-refractivity contribution in [2.45, 2.75) is 32.1 Å². The van der Waals surface area contributed by atoms with Crippen LogP contribution in [0.4, 0.5) is 28.4 Å². The number of aryl methyl sites for hydroxylation is 1. The second-order valence-corrected chi connectivity index (χ2v) is 16.3. The molecule has 3 nitrogen and oxygen atoms in total. The van der Waals surface area contributed by atoms with Crippen LogP contribution in [0.2, 0.25) is 0 Å². The Labute approximate surface area is 325 Å². The molecule has 2 aliphatic rings. The third-order valence-electron chi connectivity index (χ3n) is 11.7. The van der Waals surface area contributed by atoms with E-state index in [1.165, 1.54) is 48.0 Å². The molecule has 0 radical (unpaired) electrons. The van der Waals surface area contributed by atoms with Gasteiger partial charge in [-0.15, -0.1) is 11.3 Å². The average molecular weight is 727 g/mol. The average Bonchev–Trinajstić information content (AvgIpc) is 3.87. The number of hydrogen-bond acceptors (Lipinski definition) is 4. The summed E-state index contributed by atoms with van der Waals surface area (Å²) in [5, 5.41) is 3.72. The van der Waals surface area contributed by atoms with Gasteiger partial charge in [-0.05, 0) is 89.3 Å². The number of anilines is 5. The number of para-hydroxylation sites is 3. The lowest BCUT2D eigenvalue weighted by Crippen LogP contribution is -2.18. The van der Waals surface area contributed by atoms with Gasteiger partial charge in [0.05, 0.1) is 11.4 Å². The molecule has 0 N–H and O–H groups in total. The molecule has 7 aromatic carbocycles. The van der Waals surface area contributed by atoms with Gasteiger partial charge >= 0.3 is 0 Å². The molecule has 0 saturated heterocycles. The lowest BCUT2D eigenvalue weighted by molar-refractivity contribution is 0.545. The van der Waals surface area contributed by atoms with Crippen molar-refractivity contribution in [2.24, 2.45) is 0 Å². The quantitative estimate of drug-likeness (QED) is 0.170. The molecule has 2 aromatic heterocycles. The summed E-state index contributed by atoms with van der Waals surface area (Å²) in [5.41, 5.74) is 14.0. The van der Waals surface area contributed by atoms with Crippen molar-refractivity contribution in [3.05, 3.63) is 192 Å². The van der Waals surface area contributed by atoms with E-state index >= 15 is 0 Å². The molecule has 0 saturated carbocycles. The summed E-state index contributed by atoms with van der Waals surface area (Å²) in [7, 11) is 0. The normalized spacial score (nSPS) is 14.1. The van der Waals surface area contributed by atoms with E-state index < -0.39 is 0 Å². The second kappa shape index (κ2) is 12.3. The van der Waals surface area contributed by atoms with Crippen molar-refractivity contribution in [2.75, 3.05) is 9.80 Å². The number of furan rings is 1. The third-order valence-corrected chi connectivity index (χ3v) is 12.8. The van der Waals surface area contributed by atoms with Crippen molar-refractivity contribution < 1.29 is 4.42 Å². The van der Waals surface area contributed by atoms with Gasteiger partial charge in [0.25, 0.3) is 0 Å². The molecule has 0 spiro atoms. The van der Waals surface area contributed by atoms with E-state index in [9.17, 15) is 0 Å². The Balaban J connectivity index is 1.13. The summed E-state index contributed by atoms with van der Waals surface area (Å²) in [6.45, 7) is 4.71. The first-order valence-corrected chi connectivity index (χ1v) is 20.0. The fourth-order valence-electron chi connectivity index (χ4n) is 9.13. The van der Waals surface area contributed by atoms with Gasteiger partial charge in [0.15, 0.2) is 5.58 Å². The van der Waals surface area contributed by atoms with Crippen molar-refractivity contribution in [1.82, 2.24) is 0 Å². The molecule has 0 bridgehead atoms. The largest absolute Gasteiger partial charge is 0.458 e. The van der Waals surface area contributed by atoms with Crippen LogP contribution in [0, 0.1) is 0 Å². The second-order valence-electron chi connectivity index (χ2n) is 15.2. The van der Waals surface area contributed by atoms with Gasteiger partial charge in [-0.3, -0.25) is 0 Å². The van der Waals surface area contributed by atoms with E-state index in [0.29, 0.717) is 0 Å². The van der Waals surface area contributed by atoms with Gasteiger partial charge in [-0.25, -0.2) is 0 Å². The minimum absolute atomic E-state index is 0.128. The van der Waals surface area contributed by atoms with E-state index in [4.69, 9.17) is 4.42 Å². The highest BCUT2D eigenvalue weighted by atomic mass is 32.1. The number of thiophene rings is 1. The molecule has 11 rings (SSSR count). The van der Waals surface area contributed by atoms with E-state index in [1.807, 2.05) is 11.3 Å². The highest BCUT2D eigenvalue weighted by Gasteiger charge is 2.36. The molecule has 2 aliphatic carbocycles. The Morgan fingerprint density at radius 2 is 1.18 bits per heavy atom. The van der Waals surface area contributed by atoms with E-state index in [2.05, 4.69) is 194 Å². The molecule has 0 aliphatic heterocycles. The maximum absolute atomic E-state index is 7.11. The van der Waals surface area contributed by atoms with Gasteiger partial charge in [0.2, 0.25) is 0 Å². The van der Waals surface area contributed by atoms with Crippen LogP contribution >= 0.6 is 11.3 Å². The van der Waals surface area contributed by atoms with Crippen LogP contribution < -0.4 is 9.80 Å². The maximum Gasteiger partial charge on any atom is 0.158 e. The molecule has 264 valence electrons. The summed E-state index contributed by atoms with van der Waals surface area (Å²) in [4.78, 5) is 4.81. The zero-order chi connectivity index (χ0) is 36.7. The predicted octanol–water partition coefficient (Wildman–Crippen LogP) is 14.7. The monoisotopic (exact) mass is 726 g/mol. The number of rotatable bonds is 6. The lowest BCUT2D eigenvalue weighted by Gasteiger charge is -2.30. The molecule has 55 heavy (non-hydrogen) atoms. The first-order valence-electron chi connectivity index (χ1n) is 19.2. The van der Waals surface area contributed by atoms with Crippen molar-refractivity contribution in [3.8, 4) is 11.1 Å². The summed E-state index contributed by atoms with van der Waals surface area (Å²) in [6.07, 6.45) is 4.14. The standard InChI is InChI=1S/C51H38N2OS/c1-51(2)42-22-11-9-19-37(42)38-29-27-35(31-43(38)51)53(36-28-30-40-39-20-10-12-26-47(39)55-48(40)32-36)45-24-13-21-41-49-44(23-14-25-46(49)54-50(41)45)52(33-15-5-3-6-16-33)34-17-7-4-8-18-34/h3-13,15-24,26-32H,14,25H2,1-2H3. The molecule has 0 fully saturated rings. The summed E-state index contributed by atoms with van der Waals surface area (Å²) in [5.74, 6) is 1.03. The lowest BCUT2D eigenvalue weighted by atomic mass is 9.82. The van der Waals surface area contributed by atoms with Gasteiger partial charge < -0.3 is 14.2 Å². The first-order chi connectivity index (χ1) is 27.0. The highest BCUT2D eigenvalue weighted by Crippen LogP contribution is 2.52. The molecule has 4 heteroatoms. The molecule has 9 aromatic rings. The molecule has 0 amide bonds. The Morgan fingerprint density at radius 1 is 0.527 bits per heavy atom. The van der Waals surface area contributed by atoms with Crippen LogP contribution in [0.3, 0.4) is 0 Å². The van der Waals surface area contributed by atoms with Gasteiger partial charge in [-0.2, -0.15) is 0 Å². The Morgan fingerprint density at radius 3 is 2.00 bits per heavy atom. The maximum atomic E-state index is 7.11. The zero-order valence-electron chi connectivity index (χ0n) is 30.8. The van der Waals surface area contributed by atoms with E-state index in [0.717, 1.165) is 63.7 Å². The number of nitrogens with zero attached hydrogens (tertiary/aromatic N) is 2. The fraction of sp³-hybridized carbons (Fsp3) is 0.0980. The zero-order valence-corrected chi connectivity index (χ0v) is 31.6. The van der Waals surface area contributed by atoms with Crippen LogP contribution in [0.1, 0.15) is 42.7 Å². The smallest absolute Gasteiger partial charge is 0.158 e. The molecule has 0 atom stereocenters. The van der Waals surface area contributed by atoms with Crippen LogP contribution in [-0.4, -0.2) is 0 Å². The van der Waals surface area contributed by atoms with Gasteiger partial charge in [0, 0.05) is 65.7 Å². The Hall–Kier alpha value is -6.36.